The lowest BCUT2D eigenvalue weighted by atomic mass is 9.73. The van der Waals surface area contributed by atoms with E-state index in [1.54, 1.807) is 0 Å². The van der Waals surface area contributed by atoms with Crippen molar-refractivity contribution in [2.45, 2.75) is 50.9 Å². The molecule has 148 valence electrons. The average molecular weight is 373 g/mol. The van der Waals surface area contributed by atoms with Crippen molar-refractivity contribution in [3.05, 3.63) is 29.8 Å². The molecule has 1 aromatic carbocycles. The molecule has 5 nitrogen and oxygen atoms in total. The van der Waals surface area contributed by atoms with Crippen LogP contribution in [0.3, 0.4) is 0 Å². The molecular formula is C22H31NO4. The standard InChI is InChI=1S/C22H31NO4/c1-21(2)18-9-11-22(3,10-6-12-23(13-15-24)14-16-25)27-20(18)17-7-4-5-8-19(17)26-21/h4-5,7-8,18,20,24-25H,9,11-16H2,1-3H3/t18-,20-,22+/m0/s1. The number of fused-ring (bicyclic) bond motifs is 3. The number of nitrogens with zero attached hydrogens (tertiary/aromatic N) is 1. The van der Waals surface area contributed by atoms with Gasteiger partial charge >= 0.3 is 0 Å². The number of ether oxygens (including phenoxy) is 2. The lowest BCUT2D eigenvalue weighted by Gasteiger charge is -2.50. The summed E-state index contributed by atoms with van der Waals surface area (Å²) in [5, 5.41) is 18.3. The summed E-state index contributed by atoms with van der Waals surface area (Å²) in [7, 11) is 0. The van der Waals surface area contributed by atoms with E-state index in [4.69, 9.17) is 19.7 Å². The molecule has 2 heterocycles. The maximum atomic E-state index is 9.13. The smallest absolute Gasteiger partial charge is 0.126 e. The molecule has 5 heteroatoms. The second-order valence-electron chi connectivity index (χ2n) is 8.18. The van der Waals surface area contributed by atoms with Gasteiger partial charge < -0.3 is 19.7 Å². The van der Waals surface area contributed by atoms with Crippen LogP contribution in [0.2, 0.25) is 0 Å². The molecule has 1 saturated heterocycles. The summed E-state index contributed by atoms with van der Waals surface area (Å²) >= 11 is 0. The lowest BCUT2D eigenvalue weighted by molar-refractivity contribution is -0.169. The van der Waals surface area contributed by atoms with Crippen LogP contribution in [0.1, 0.15) is 45.3 Å². The highest BCUT2D eigenvalue weighted by Gasteiger charge is 2.49. The Morgan fingerprint density at radius 3 is 2.56 bits per heavy atom. The fraction of sp³-hybridized carbons (Fsp3) is 0.636. The van der Waals surface area contributed by atoms with E-state index in [9.17, 15) is 0 Å². The number of aliphatic hydroxyl groups is 2. The first-order chi connectivity index (χ1) is 12.9. The summed E-state index contributed by atoms with van der Waals surface area (Å²) in [6.07, 6.45) is 1.83. The minimum absolute atomic E-state index is 0.0241. The first-order valence-corrected chi connectivity index (χ1v) is 9.78. The van der Waals surface area contributed by atoms with Crippen molar-refractivity contribution in [3.8, 4) is 17.6 Å². The van der Waals surface area contributed by atoms with E-state index in [0.29, 0.717) is 25.6 Å². The van der Waals surface area contributed by atoms with Crippen molar-refractivity contribution < 1.29 is 19.7 Å². The topological polar surface area (TPSA) is 62.2 Å². The normalized spacial score (nSPS) is 28.5. The summed E-state index contributed by atoms with van der Waals surface area (Å²) in [6.45, 7) is 7.99. The number of hydrogen-bond donors (Lipinski definition) is 2. The first kappa shape index (κ1) is 20.2. The fourth-order valence-corrected chi connectivity index (χ4v) is 4.15. The van der Waals surface area contributed by atoms with Crippen LogP contribution in [-0.2, 0) is 4.74 Å². The molecule has 3 rings (SSSR count). The Bertz CT molecular complexity index is 702. The van der Waals surface area contributed by atoms with Gasteiger partial charge in [-0.2, -0.15) is 0 Å². The number of hydrogen-bond acceptors (Lipinski definition) is 5. The van der Waals surface area contributed by atoms with Gasteiger partial charge in [0.25, 0.3) is 0 Å². The summed E-state index contributed by atoms with van der Waals surface area (Å²) in [4.78, 5) is 1.94. The van der Waals surface area contributed by atoms with Gasteiger partial charge in [-0.15, -0.1) is 0 Å². The predicted octanol–water partition coefficient (Wildman–Crippen LogP) is 2.37. The second kappa shape index (κ2) is 8.20. The molecule has 2 N–H and O–H groups in total. The second-order valence-corrected chi connectivity index (χ2v) is 8.18. The SMILES string of the molecule is CC1(C)Oc2ccccc2[C@@H]2O[C@](C)(C#CCN(CCO)CCO)CC[C@@H]21. The van der Waals surface area contributed by atoms with Crippen LogP contribution < -0.4 is 4.74 Å². The quantitative estimate of drug-likeness (QED) is 0.776. The van der Waals surface area contributed by atoms with Crippen LogP contribution in [0, 0.1) is 17.8 Å². The minimum atomic E-state index is -0.508. The Labute approximate surface area is 162 Å². The first-order valence-electron chi connectivity index (χ1n) is 9.78. The van der Waals surface area contributed by atoms with Crippen LogP contribution >= 0.6 is 0 Å². The van der Waals surface area contributed by atoms with Crippen LogP contribution in [0.15, 0.2) is 24.3 Å². The fourth-order valence-electron chi connectivity index (χ4n) is 4.15. The molecule has 1 aromatic rings. The molecule has 0 amide bonds. The van der Waals surface area contributed by atoms with Gasteiger partial charge in [-0.05, 0) is 39.7 Å². The van der Waals surface area contributed by atoms with Gasteiger partial charge in [0.05, 0.1) is 25.9 Å². The van der Waals surface area contributed by atoms with Crippen LogP contribution in [0.4, 0.5) is 0 Å². The molecule has 0 unspecified atom stereocenters. The van der Waals surface area contributed by atoms with E-state index in [-0.39, 0.29) is 24.9 Å². The van der Waals surface area contributed by atoms with Gasteiger partial charge in [0, 0.05) is 24.6 Å². The van der Waals surface area contributed by atoms with Gasteiger partial charge in [0.2, 0.25) is 0 Å². The van der Waals surface area contributed by atoms with Crippen LogP contribution in [0.5, 0.6) is 5.75 Å². The summed E-state index contributed by atoms with van der Waals surface area (Å²) in [5.74, 6) is 7.72. The van der Waals surface area contributed by atoms with E-state index in [0.717, 1.165) is 24.2 Å². The molecule has 0 aliphatic carbocycles. The van der Waals surface area contributed by atoms with E-state index in [2.05, 4.69) is 38.7 Å². The molecule has 0 aromatic heterocycles. The zero-order chi connectivity index (χ0) is 19.5. The Balaban J connectivity index is 1.77. The van der Waals surface area contributed by atoms with E-state index in [1.807, 2.05) is 23.1 Å². The highest BCUT2D eigenvalue weighted by Crippen LogP contribution is 2.52. The van der Waals surface area contributed by atoms with E-state index < -0.39 is 5.60 Å². The van der Waals surface area contributed by atoms with Crippen molar-refractivity contribution in [3.63, 3.8) is 0 Å². The minimum Gasteiger partial charge on any atom is -0.487 e. The Morgan fingerprint density at radius 2 is 1.85 bits per heavy atom. The van der Waals surface area contributed by atoms with Crippen molar-refractivity contribution >= 4 is 0 Å². The third-order valence-electron chi connectivity index (χ3n) is 5.66. The molecule has 27 heavy (non-hydrogen) atoms. The maximum Gasteiger partial charge on any atom is 0.126 e. The van der Waals surface area contributed by atoms with E-state index in [1.165, 1.54) is 0 Å². The Kier molecular flexibility index (Phi) is 6.12. The Morgan fingerprint density at radius 1 is 1.15 bits per heavy atom. The van der Waals surface area contributed by atoms with Gasteiger partial charge in [-0.25, -0.2) is 0 Å². The zero-order valence-electron chi connectivity index (χ0n) is 16.6. The van der Waals surface area contributed by atoms with Gasteiger partial charge in [-0.3, -0.25) is 4.90 Å². The van der Waals surface area contributed by atoms with Gasteiger partial charge in [0.1, 0.15) is 17.0 Å². The largest absolute Gasteiger partial charge is 0.487 e. The van der Waals surface area contributed by atoms with Crippen molar-refractivity contribution in [2.24, 2.45) is 5.92 Å². The molecule has 2 aliphatic rings. The highest BCUT2D eigenvalue weighted by atomic mass is 16.5. The number of aliphatic hydroxyl groups excluding tert-OH is 2. The lowest BCUT2D eigenvalue weighted by Crippen LogP contribution is -2.50. The van der Waals surface area contributed by atoms with Gasteiger partial charge in [0.15, 0.2) is 0 Å². The summed E-state index contributed by atoms with van der Waals surface area (Å²) in [5.41, 5.74) is 0.329. The van der Waals surface area contributed by atoms with Crippen molar-refractivity contribution in [2.75, 3.05) is 32.8 Å². The number of rotatable bonds is 5. The van der Waals surface area contributed by atoms with Crippen LogP contribution in [-0.4, -0.2) is 59.2 Å². The average Bonchev–Trinajstić information content (AvgIpc) is 2.61. The molecular weight excluding hydrogens is 342 g/mol. The molecule has 0 spiro atoms. The summed E-state index contributed by atoms with van der Waals surface area (Å²) < 4.78 is 12.8. The molecule has 0 bridgehead atoms. The molecule has 1 fully saturated rings. The van der Waals surface area contributed by atoms with Crippen molar-refractivity contribution in [1.82, 2.24) is 4.90 Å². The summed E-state index contributed by atoms with van der Waals surface area (Å²) in [6, 6.07) is 8.12. The highest BCUT2D eigenvalue weighted by molar-refractivity contribution is 5.39. The monoisotopic (exact) mass is 373 g/mol. The van der Waals surface area contributed by atoms with E-state index >= 15 is 0 Å². The van der Waals surface area contributed by atoms with Crippen molar-refractivity contribution in [1.29, 1.82) is 0 Å². The Hall–Kier alpha value is -1.58. The van der Waals surface area contributed by atoms with Crippen LogP contribution in [0.25, 0.3) is 0 Å². The number of para-hydroxylation sites is 1. The predicted molar refractivity (Wildman–Crippen MR) is 104 cm³/mol. The third-order valence-corrected chi connectivity index (χ3v) is 5.66. The molecule has 3 atom stereocenters. The maximum absolute atomic E-state index is 9.13. The third kappa shape index (κ3) is 4.47. The zero-order valence-corrected chi connectivity index (χ0v) is 16.6. The number of benzene rings is 1. The molecule has 2 aliphatic heterocycles. The van der Waals surface area contributed by atoms with Gasteiger partial charge in [-0.1, -0.05) is 30.0 Å². The molecule has 0 saturated carbocycles. The molecule has 0 radical (unpaired) electrons.